The SMILES string of the molecule is CC(C)(C)c1nc(CN2CCN(Cc3cnc[nH]3)CC2)cs1. The number of aromatic amines is 1. The second-order valence-electron chi connectivity index (χ2n) is 7.02. The number of hydrogen-bond acceptors (Lipinski definition) is 5. The first-order valence-corrected chi connectivity index (χ1v) is 8.75. The van der Waals surface area contributed by atoms with Crippen LogP contribution >= 0.6 is 11.3 Å². The molecule has 2 aromatic rings. The van der Waals surface area contributed by atoms with Crippen LogP contribution in [0.1, 0.15) is 37.2 Å². The standard InChI is InChI=1S/C16H25N5S/c1-16(2,3)15-19-14(11-22-15)10-21-6-4-20(5-7-21)9-13-8-17-12-18-13/h8,11-12H,4-7,9-10H2,1-3H3,(H,17,18). The van der Waals surface area contributed by atoms with E-state index in [9.17, 15) is 0 Å². The van der Waals surface area contributed by atoms with E-state index in [2.05, 4.69) is 45.9 Å². The van der Waals surface area contributed by atoms with Gasteiger partial charge in [-0.15, -0.1) is 11.3 Å². The lowest BCUT2D eigenvalue weighted by Gasteiger charge is -2.34. The van der Waals surface area contributed by atoms with Gasteiger partial charge in [0.05, 0.1) is 17.0 Å². The molecule has 1 fully saturated rings. The molecule has 2 aromatic heterocycles. The fourth-order valence-electron chi connectivity index (χ4n) is 2.67. The van der Waals surface area contributed by atoms with Gasteiger partial charge >= 0.3 is 0 Å². The average Bonchev–Trinajstić information content (AvgIpc) is 3.12. The molecule has 22 heavy (non-hydrogen) atoms. The Kier molecular flexibility index (Phi) is 4.61. The van der Waals surface area contributed by atoms with Gasteiger partial charge in [-0.2, -0.15) is 0 Å². The van der Waals surface area contributed by atoms with Gasteiger partial charge in [-0.05, 0) is 0 Å². The minimum absolute atomic E-state index is 0.158. The summed E-state index contributed by atoms with van der Waals surface area (Å²) in [6.07, 6.45) is 3.66. The van der Waals surface area contributed by atoms with E-state index >= 15 is 0 Å². The lowest BCUT2D eigenvalue weighted by atomic mass is 9.98. The second-order valence-corrected chi connectivity index (χ2v) is 7.88. The third kappa shape index (κ3) is 3.94. The Balaban J connectivity index is 1.48. The molecule has 0 unspecified atom stereocenters. The van der Waals surface area contributed by atoms with Crippen molar-refractivity contribution >= 4 is 11.3 Å². The molecule has 6 heteroatoms. The van der Waals surface area contributed by atoms with E-state index < -0.39 is 0 Å². The average molecular weight is 319 g/mol. The fourth-order valence-corrected chi connectivity index (χ4v) is 3.57. The van der Waals surface area contributed by atoms with Crippen molar-refractivity contribution in [2.24, 2.45) is 0 Å². The number of H-pyrrole nitrogens is 1. The van der Waals surface area contributed by atoms with Crippen LogP contribution in [0, 0.1) is 0 Å². The number of nitrogens with one attached hydrogen (secondary N) is 1. The van der Waals surface area contributed by atoms with Crippen LogP contribution in [0.5, 0.6) is 0 Å². The highest BCUT2D eigenvalue weighted by Gasteiger charge is 2.21. The first-order chi connectivity index (χ1) is 10.5. The lowest BCUT2D eigenvalue weighted by molar-refractivity contribution is 0.120. The van der Waals surface area contributed by atoms with E-state index in [0.717, 1.165) is 39.3 Å². The lowest BCUT2D eigenvalue weighted by Crippen LogP contribution is -2.45. The van der Waals surface area contributed by atoms with Crippen molar-refractivity contribution in [1.29, 1.82) is 0 Å². The Labute approximate surface area is 136 Å². The number of hydrogen-bond donors (Lipinski definition) is 1. The summed E-state index contributed by atoms with van der Waals surface area (Å²) in [6.45, 7) is 13.1. The Hall–Kier alpha value is -1.24. The molecule has 0 bridgehead atoms. The summed E-state index contributed by atoms with van der Waals surface area (Å²) in [6, 6.07) is 0. The third-order valence-corrected chi connectivity index (χ3v) is 5.31. The summed E-state index contributed by atoms with van der Waals surface area (Å²) in [5.74, 6) is 0. The summed E-state index contributed by atoms with van der Waals surface area (Å²) in [5, 5.41) is 3.46. The predicted molar refractivity (Wildman–Crippen MR) is 90.0 cm³/mol. The number of aromatic nitrogens is 3. The summed E-state index contributed by atoms with van der Waals surface area (Å²) in [7, 11) is 0. The molecule has 1 saturated heterocycles. The van der Waals surface area contributed by atoms with Crippen molar-refractivity contribution in [3.63, 3.8) is 0 Å². The zero-order valence-corrected chi connectivity index (χ0v) is 14.5. The van der Waals surface area contributed by atoms with Gasteiger partial charge in [0.1, 0.15) is 0 Å². The highest BCUT2D eigenvalue weighted by Crippen LogP contribution is 2.26. The van der Waals surface area contributed by atoms with E-state index in [1.165, 1.54) is 16.4 Å². The van der Waals surface area contributed by atoms with Crippen LogP contribution in [0.15, 0.2) is 17.9 Å². The van der Waals surface area contributed by atoms with Gasteiger partial charge in [-0.3, -0.25) is 9.80 Å². The number of imidazole rings is 1. The highest BCUT2D eigenvalue weighted by atomic mass is 32.1. The first kappa shape index (κ1) is 15.6. The van der Waals surface area contributed by atoms with Gasteiger partial charge in [0.2, 0.25) is 0 Å². The van der Waals surface area contributed by atoms with Crippen molar-refractivity contribution in [3.8, 4) is 0 Å². The fraction of sp³-hybridized carbons (Fsp3) is 0.625. The van der Waals surface area contributed by atoms with Crippen molar-refractivity contribution in [3.05, 3.63) is 34.3 Å². The van der Waals surface area contributed by atoms with Gasteiger partial charge in [-0.25, -0.2) is 9.97 Å². The molecule has 0 amide bonds. The second kappa shape index (κ2) is 6.48. The van der Waals surface area contributed by atoms with E-state index in [1.54, 1.807) is 17.7 Å². The molecule has 1 aliphatic heterocycles. The number of rotatable bonds is 4. The summed E-state index contributed by atoms with van der Waals surface area (Å²) in [5.41, 5.74) is 2.57. The van der Waals surface area contributed by atoms with Gasteiger partial charge in [0, 0.05) is 62.0 Å². The smallest absolute Gasteiger partial charge is 0.0982 e. The van der Waals surface area contributed by atoms with Crippen LogP contribution in [-0.2, 0) is 18.5 Å². The van der Waals surface area contributed by atoms with Crippen molar-refractivity contribution in [1.82, 2.24) is 24.8 Å². The number of thiazole rings is 1. The van der Waals surface area contributed by atoms with E-state index in [-0.39, 0.29) is 5.41 Å². The van der Waals surface area contributed by atoms with Gasteiger partial charge in [-0.1, -0.05) is 20.8 Å². The zero-order chi connectivity index (χ0) is 15.6. The van der Waals surface area contributed by atoms with Crippen LogP contribution in [0.3, 0.4) is 0 Å². The number of piperazine rings is 1. The van der Waals surface area contributed by atoms with Crippen LogP contribution in [0.2, 0.25) is 0 Å². The Morgan fingerprint density at radius 2 is 1.82 bits per heavy atom. The van der Waals surface area contributed by atoms with Crippen LogP contribution < -0.4 is 0 Å². The molecule has 0 aromatic carbocycles. The molecule has 0 saturated carbocycles. The quantitative estimate of drug-likeness (QED) is 0.940. The minimum Gasteiger partial charge on any atom is -0.347 e. The third-order valence-electron chi connectivity index (χ3n) is 3.99. The molecule has 1 aliphatic rings. The summed E-state index contributed by atoms with van der Waals surface area (Å²) >= 11 is 1.79. The van der Waals surface area contributed by atoms with E-state index in [0.29, 0.717) is 0 Å². The maximum Gasteiger partial charge on any atom is 0.0982 e. The predicted octanol–water partition coefficient (Wildman–Crippen LogP) is 2.48. The minimum atomic E-state index is 0.158. The van der Waals surface area contributed by atoms with E-state index in [4.69, 9.17) is 4.98 Å². The molecule has 5 nitrogen and oxygen atoms in total. The molecule has 0 atom stereocenters. The van der Waals surface area contributed by atoms with Crippen molar-refractivity contribution in [2.75, 3.05) is 26.2 Å². The normalized spacial score (nSPS) is 18.0. The summed E-state index contributed by atoms with van der Waals surface area (Å²) < 4.78 is 0. The van der Waals surface area contributed by atoms with Gasteiger partial charge < -0.3 is 4.98 Å². The van der Waals surface area contributed by atoms with Crippen LogP contribution in [-0.4, -0.2) is 50.9 Å². The molecule has 1 N–H and O–H groups in total. The van der Waals surface area contributed by atoms with Crippen LogP contribution in [0.25, 0.3) is 0 Å². The maximum absolute atomic E-state index is 4.81. The Morgan fingerprint density at radius 1 is 1.14 bits per heavy atom. The molecule has 3 heterocycles. The van der Waals surface area contributed by atoms with Crippen molar-refractivity contribution in [2.45, 2.75) is 39.3 Å². The first-order valence-electron chi connectivity index (χ1n) is 7.87. The Bertz CT molecular complexity index is 576. The highest BCUT2D eigenvalue weighted by molar-refractivity contribution is 7.09. The van der Waals surface area contributed by atoms with Gasteiger partial charge in [0.25, 0.3) is 0 Å². The zero-order valence-electron chi connectivity index (χ0n) is 13.7. The molecule has 0 aliphatic carbocycles. The molecular weight excluding hydrogens is 294 g/mol. The molecule has 0 radical (unpaired) electrons. The monoisotopic (exact) mass is 319 g/mol. The van der Waals surface area contributed by atoms with Gasteiger partial charge in [0.15, 0.2) is 0 Å². The van der Waals surface area contributed by atoms with Crippen molar-refractivity contribution < 1.29 is 0 Å². The van der Waals surface area contributed by atoms with E-state index in [1.807, 2.05) is 6.20 Å². The molecule has 120 valence electrons. The largest absolute Gasteiger partial charge is 0.347 e. The topological polar surface area (TPSA) is 48.1 Å². The molecule has 3 rings (SSSR count). The molecule has 0 spiro atoms. The van der Waals surface area contributed by atoms with Crippen LogP contribution in [0.4, 0.5) is 0 Å². The molecular formula is C16H25N5S. The Morgan fingerprint density at radius 3 is 2.36 bits per heavy atom. The number of nitrogens with zero attached hydrogens (tertiary/aromatic N) is 4. The maximum atomic E-state index is 4.81. The summed E-state index contributed by atoms with van der Waals surface area (Å²) in [4.78, 5) is 17.0.